The number of benzene rings is 3. The van der Waals surface area contributed by atoms with E-state index in [1.165, 1.54) is 29.3 Å². The maximum atomic E-state index is 11.0. The van der Waals surface area contributed by atoms with Crippen molar-refractivity contribution in [2.75, 3.05) is 13.6 Å². The Morgan fingerprint density at radius 1 is 0.818 bits per heavy atom. The van der Waals surface area contributed by atoms with Gasteiger partial charge in [0.2, 0.25) is 0 Å². The van der Waals surface area contributed by atoms with E-state index >= 15 is 0 Å². The van der Waals surface area contributed by atoms with Gasteiger partial charge in [-0.25, -0.2) is 5.48 Å². The van der Waals surface area contributed by atoms with Gasteiger partial charge in [-0.2, -0.15) is 0 Å². The molecule has 170 valence electrons. The number of rotatable bonds is 9. The Labute approximate surface area is 200 Å². The summed E-state index contributed by atoms with van der Waals surface area (Å²) in [4.78, 5) is 15.4. The van der Waals surface area contributed by atoms with Crippen LogP contribution in [0.2, 0.25) is 0 Å². The van der Waals surface area contributed by atoms with E-state index in [1.54, 1.807) is 16.8 Å². The number of hydrogen-bond donors (Lipinski definition) is 2. The molecule has 0 aliphatic rings. The smallest absolute Gasteiger partial charge is 0.160 e. The van der Waals surface area contributed by atoms with Crippen LogP contribution in [0.15, 0.2) is 97.1 Å². The Balaban J connectivity index is 0.000000968. The van der Waals surface area contributed by atoms with Crippen molar-refractivity contribution < 1.29 is 10.0 Å². The third kappa shape index (κ3) is 8.08. The minimum Gasteiger partial charge on any atom is -0.317 e. The zero-order chi connectivity index (χ0) is 23.3. The lowest BCUT2D eigenvalue weighted by molar-refractivity contribution is 0.112. The van der Waals surface area contributed by atoms with Gasteiger partial charge in [0, 0.05) is 31.6 Å². The zero-order valence-corrected chi connectivity index (χ0v) is 19.7. The molecule has 3 aromatic carbocycles. The van der Waals surface area contributed by atoms with E-state index in [-0.39, 0.29) is 0 Å². The van der Waals surface area contributed by atoms with Crippen molar-refractivity contribution in [2.24, 2.45) is 0 Å². The highest BCUT2D eigenvalue weighted by molar-refractivity contribution is 7.17. The van der Waals surface area contributed by atoms with Crippen LogP contribution in [0.3, 0.4) is 0 Å². The topological polar surface area (TPSA) is 52.6 Å². The fourth-order valence-electron chi connectivity index (χ4n) is 3.64. The zero-order valence-electron chi connectivity index (χ0n) is 18.9. The average Bonchev–Trinajstić information content (AvgIpc) is 3.34. The summed E-state index contributed by atoms with van der Waals surface area (Å²) in [5, 5.41) is 7.32. The molecule has 0 unspecified atom stereocenters. The molecule has 0 aliphatic carbocycles. The molecule has 4 nitrogen and oxygen atoms in total. The first-order valence-electron chi connectivity index (χ1n) is 11.0. The number of thiophene rings is 1. The van der Waals surface area contributed by atoms with E-state index in [4.69, 9.17) is 5.21 Å². The standard InChI is InChI=1S/C27H25NOS.CH5NO/c29-21-26-14-15-27(30-26)25-13-7-12-24(18-25)20-28(19-23-10-5-2-6-11-23)17-16-22-8-3-1-4-9-22;1-2-3/h1-15,18,21H,16-17,19-20H2;2-3H,1H3. The second-order valence-electron chi connectivity index (χ2n) is 7.68. The maximum Gasteiger partial charge on any atom is 0.160 e. The molecule has 0 bridgehead atoms. The summed E-state index contributed by atoms with van der Waals surface area (Å²) >= 11 is 1.54. The van der Waals surface area contributed by atoms with Gasteiger partial charge in [0.05, 0.1) is 4.88 Å². The molecule has 2 N–H and O–H groups in total. The van der Waals surface area contributed by atoms with Crippen molar-refractivity contribution in [3.05, 3.63) is 119 Å². The molecule has 0 atom stereocenters. The summed E-state index contributed by atoms with van der Waals surface area (Å²) in [5.41, 5.74) is 6.91. The lowest BCUT2D eigenvalue weighted by Crippen LogP contribution is -2.25. The molecular weight excluding hydrogens is 428 g/mol. The molecular formula is C28H30N2O2S. The predicted molar refractivity (Wildman–Crippen MR) is 137 cm³/mol. The molecule has 0 radical (unpaired) electrons. The van der Waals surface area contributed by atoms with E-state index in [1.807, 2.05) is 12.1 Å². The second-order valence-corrected chi connectivity index (χ2v) is 8.79. The highest BCUT2D eigenvalue weighted by atomic mass is 32.1. The highest BCUT2D eigenvalue weighted by Crippen LogP contribution is 2.28. The lowest BCUT2D eigenvalue weighted by Gasteiger charge is -2.23. The molecule has 0 amide bonds. The normalized spacial score (nSPS) is 10.5. The van der Waals surface area contributed by atoms with Crippen LogP contribution in [0.4, 0.5) is 0 Å². The Hall–Kier alpha value is -3.09. The number of carbonyl (C=O) groups is 1. The van der Waals surface area contributed by atoms with Gasteiger partial charge in [-0.3, -0.25) is 9.69 Å². The number of hydroxylamine groups is 1. The summed E-state index contributed by atoms with van der Waals surface area (Å²) in [7, 11) is 1.43. The Bertz CT molecular complexity index is 1100. The van der Waals surface area contributed by atoms with E-state index in [2.05, 4.69) is 89.8 Å². The summed E-state index contributed by atoms with van der Waals surface area (Å²) in [6.07, 6.45) is 1.95. The first-order chi connectivity index (χ1) is 16.2. The highest BCUT2D eigenvalue weighted by Gasteiger charge is 2.10. The molecule has 0 spiro atoms. The van der Waals surface area contributed by atoms with E-state index in [0.717, 1.165) is 42.1 Å². The van der Waals surface area contributed by atoms with Crippen LogP contribution in [0, 0.1) is 0 Å². The Morgan fingerprint density at radius 2 is 1.42 bits per heavy atom. The van der Waals surface area contributed by atoms with Gasteiger partial charge in [0.15, 0.2) is 6.29 Å². The van der Waals surface area contributed by atoms with Crippen molar-refractivity contribution in [1.82, 2.24) is 10.4 Å². The molecule has 4 rings (SSSR count). The van der Waals surface area contributed by atoms with Crippen LogP contribution in [-0.2, 0) is 19.5 Å². The fourth-order valence-corrected chi connectivity index (χ4v) is 4.46. The average molecular weight is 459 g/mol. The minimum atomic E-state index is 0.768. The van der Waals surface area contributed by atoms with Crippen LogP contribution in [0.5, 0.6) is 0 Å². The lowest BCUT2D eigenvalue weighted by atomic mass is 10.1. The number of aldehydes is 1. The SMILES string of the molecule is CNO.O=Cc1ccc(-c2cccc(CN(CCc3ccccc3)Cc3ccccc3)c2)s1. The third-order valence-electron chi connectivity index (χ3n) is 5.17. The van der Waals surface area contributed by atoms with Crippen molar-refractivity contribution in [3.63, 3.8) is 0 Å². The number of nitrogens with zero attached hydrogens (tertiary/aromatic N) is 1. The molecule has 0 fully saturated rings. The van der Waals surface area contributed by atoms with Gasteiger partial charge in [0.25, 0.3) is 0 Å². The third-order valence-corrected chi connectivity index (χ3v) is 6.23. The van der Waals surface area contributed by atoms with E-state index < -0.39 is 0 Å². The molecule has 5 heteroatoms. The van der Waals surface area contributed by atoms with Crippen molar-refractivity contribution in [2.45, 2.75) is 19.5 Å². The number of hydrogen-bond acceptors (Lipinski definition) is 5. The monoisotopic (exact) mass is 458 g/mol. The van der Waals surface area contributed by atoms with Gasteiger partial charge in [0.1, 0.15) is 0 Å². The fraction of sp³-hybridized carbons (Fsp3) is 0.179. The van der Waals surface area contributed by atoms with Gasteiger partial charge < -0.3 is 5.21 Å². The van der Waals surface area contributed by atoms with Crippen molar-refractivity contribution >= 4 is 17.6 Å². The van der Waals surface area contributed by atoms with Crippen LogP contribution in [-0.4, -0.2) is 30.0 Å². The number of carbonyl (C=O) groups excluding carboxylic acids is 1. The quantitative estimate of drug-likeness (QED) is 0.236. The maximum absolute atomic E-state index is 11.0. The van der Waals surface area contributed by atoms with Crippen molar-refractivity contribution in [1.29, 1.82) is 0 Å². The van der Waals surface area contributed by atoms with Crippen LogP contribution in [0.1, 0.15) is 26.4 Å². The summed E-state index contributed by atoms with van der Waals surface area (Å²) < 4.78 is 0. The first kappa shape index (κ1) is 24.6. The minimum absolute atomic E-state index is 0.768. The summed E-state index contributed by atoms with van der Waals surface area (Å²) in [5.74, 6) is 0. The van der Waals surface area contributed by atoms with Gasteiger partial charge in [-0.1, -0.05) is 78.9 Å². The molecule has 33 heavy (non-hydrogen) atoms. The van der Waals surface area contributed by atoms with Gasteiger partial charge >= 0.3 is 0 Å². The largest absolute Gasteiger partial charge is 0.317 e. The Morgan fingerprint density at radius 3 is 2.06 bits per heavy atom. The van der Waals surface area contributed by atoms with E-state index in [9.17, 15) is 4.79 Å². The molecule has 1 heterocycles. The second kappa shape index (κ2) is 13.5. The first-order valence-corrected chi connectivity index (χ1v) is 11.8. The van der Waals surface area contributed by atoms with Crippen molar-refractivity contribution in [3.8, 4) is 10.4 Å². The van der Waals surface area contributed by atoms with Gasteiger partial charge in [-0.15, -0.1) is 11.3 Å². The Kier molecular flexibility index (Phi) is 10.0. The summed E-state index contributed by atoms with van der Waals surface area (Å²) in [6.45, 7) is 2.81. The molecule has 0 saturated carbocycles. The van der Waals surface area contributed by atoms with Crippen LogP contribution in [0.25, 0.3) is 10.4 Å². The van der Waals surface area contributed by atoms with Crippen LogP contribution >= 0.6 is 11.3 Å². The molecule has 0 saturated heterocycles. The summed E-state index contributed by atoms with van der Waals surface area (Å²) in [6, 6.07) is 33.9. The van der Waals surface area contributed by atoms with Gasteiger partial charge in [-0.05, 0) is 46.9 Å². The predicted octanol–water partition coefficient (Wildman–Crippen LogP) is 6.07. The molecule has 4 aromatic rings. The van der Waals surface area contributed by atoms with Crippen LogP contribution < -0.4 is 5.48 Å². The number of nitrogens with one attached hydrogen (secondary N) is 1. The molecule has 1 aromatic heterocycles. The van der Waals surface area contributed by atoms with E-state index in [0.29, 0.717) is 0 Å². The molecule has 0 aliphatic heterocycles.